The molecule has 2 fully saturated rings. The molecule has 1 aliphatic heterocycles. The van der Waals surface area contributed by atoms with Gasteiger partial charge in [-0.25, -0.2) is 9.78 Å². The van der Waals surface area contributed by atoms with Gasteiger partial charge in [0.05, 0.1) is 0 Å². The number of amides is 1. The van der Waals surface area contributed by atoms with Gasteiger partial charge in [-0.05, 0) is 73.5 Å². The number of pyridine rings is 1. The molecule has 1 saturated heterocycles. The minimum atomic E-state index is -0.467. The number of piperidine rings is 1. The van der Waals surface area contributed by atoms with Crippen LogP contribution in [0.15, 0.2) is 22.9 Å². The van der Waals surface area contributed by atoms with Gasteiger partial charge in [-0.3, -0.25) is 0 Å². The second kappa shape index (κ2) is 6.75. The third-order valence-electron chi connectivity index (χ3n) is 5.84. The summed E-state index contributed by atoms with van der Waals surface area (Å²) in [7, 11) is 0. The Morgan fingerprint density at radius 3 is 2.61 bits per heavy atom. The highest BCUT2D eigenvalue weighted by molar-refractivity contribution is 9.10. The number of rotatable bonds is 2. The summed E-state index contributed by atoms with van der Waals surface area (Å²) < 4.78 is 9.00. The first-order valence-electron chi connectivity index (χ1n) is 10.2. The van der Waals surface area contributed by atoms with Crippen molar-refractivity contribution in [3.05, 3.63) is 28.5 Å². The molecule has 6 heteroatoms. The lowest BCUT2D eigenvalue weighted by atomic mass is 9.79. The van der Waals surface area contributed by atoms with Crippen molar-refractivity contribution in [3.8, 4) is 0 Å². The number of hydrogen-bond donors (Lipinski definition) is 0. The zero-order chi connectivity index (χ0) is 20.3. The summed E-state index contributed by atoms with van der Waals surface area (Å²) in [6, 6.07) is 2.50. The third kappa shape index (κ3) is 3.80. The first-order chi connectivity index (χ1) is 13.0. The maximum absolute atomic E-state index is 12.6. The molecule has 1 amide bonds. The van der Waals surface area contributed by atoms with Crippen LogP contribution in [0.4, 0.5) is 4.79 Å². The number of aromatic nitrogens is 2. The molecule has 0 bridgehead atoms. The van der Waals surface area contributed by atoms with Gasteiger partial charge >= 0.3 is 6.09 Å². The largest absolute Gasteiger partial charge is 0.444 e. The second-order valence-electron chi connectivity index (χ2n) is 9.99. The molecule has 0 spiro atoms. The van der Waals surface area contributed by atoms with E-state index < -0.39 is 5.60 Å². The summed E-state index contributed by atoms with van der Waals surface area (Å²) in [6.45, 7) is 11.6. The lowest BCUT2D eigenvalue weighted by Gasteiger charge is -2.45. The molecule has 0 aromatic carbocycles. The summed E-state index contributed by atoms with van der Waals surface area (Å²) in [5.41, 5.74) is 1.95. The highest BCUT2D eigenvalue weighted by Crippen LogP contribution is 2.47. The van der Waals surface area contributed by atoms with Crippen molar-refractivity contribution >= 4 is 33.1 Å². The van der Waals surface area contributed by atoms with Crippen LogP contribution in [0.3, 0.4) is 0 Å². The molecule has 28 heavy (non-hydrogen) atoms. The number of fused-ring (bicyclic) bond motifs is 1. The molecule has 2 aliphatic rings. The van der Waals surface area contributed by atoms with Crippen LogP contribution in [0, 0.1) is 5.41 Å². The normalized spacial score (nSPS) is 22.5. The van der Waals surface area contributed by atoms with Gasteiger partial charge < -0.3 is 14.2 Å². The molecule has 2 aromatic rings. The molecular formula is C22H30BrN3O2. The van der Waals surface area contributed by atoms with E-state index in [0.717, 1.165) is 16.5 Å². The van der Waals surface area contributed by atoms with Crippen molar-refractivity contribution < 1.29 is 9.53 Å². The van der Waals surface area contributed by atoms with Crippen LogP contribution in [-0.4, -0.2) is 39.2 Å². The van der Waals surface area contributed by atoms with Gasteiger partial charge in [-0.15, -0.1) is 0 Å². The van der Waals surface area contributed by atoms with Crippen LogP contribution >= 0.6 is 15.9 Å². The van der Waals surface area contributed by atoms with E-state index in [2.05, 4.69) is 46.6 Å². The van der Waals surface area contributed by atoms with Crippen molar-refractivity contribution in [3.63, 3.8) is 0 Å². The van der Waals surface area contributed by atoms with E-state index in [1.807, 2.05) is 31.9 Å². The van der Waals surface area contributed by atoms with E-state index in [9.17, 15) is 4.79 Å². The molecular weight excluding hydrogens is 418 g/mol. The number of halogens is 1. The van der Waals surface area contributed by atoms with Gasteiger partial charge in [0.25, 0.3) is 0 Å². The zero-order valence-corrected chi connectivity index (χ0v) is 19.0. The second-order valence-corrected chi connectivity index (χ2v) is 10.9. The molecule has 4 rings (SSSR count). The smallest absolute Gasteiger partial charge is 0.410 e. The Morgan fingerprint density at radius 1 is 1.29 bits per heavy atom. The van der Waals surface area contributed by atoms with Gasteiger partial charge in [0.1, 0.15) is 11.2 Å². The standard InChI is InChI=1S/C22H30BrN3O2/c1-21(2,3)28-20(27)25-9-8-18(22(4,5)13-25)26-12-17(14-6-7-14)16-10-15(23)11-24-19(16)26/h10-12,14,18H,6-9,13H2,1-5H3. The van der Waals surface area contributed by atoms with Crippen LogP contribution in [0.5, 0.6) is 0 Å². The van der Waals surface area contributed by atoms with E-state index in [1.54, 1.807) is 0 Å². The molecule has 152 valence electrons. The summed E-state index contributed by atoms with van der Waals surface area (Å²) in [6.07, 6.45) is 7.45. The van der Waals surface area contributed by atoms with Crippen molar-refractivity contribution in [2.45, 2.75) is 71.4 Å². The lowest BCUT2D eigenvalue weighted by Crippen LogP contribution is -2.50. The van der Waals surface area contributed by atoms with Crippen molar-refractivity contribution in [1.29, 1.82) is 0 Å². The number of hydrogen-bond acceptors (Lipinski definition) is 3. The lowest BCUT2D eigenvalue weighted by molar-refractivity contribution is -0.00159. The first kappa shape index (κ1) is 19.7. The highest BCUT2D eigenvalue weighted by atomic mass is 79.9. The van der Waals surface area contributed by atoms with Gasteiger partial charge in [0.2, 0.25) is 0 Å². The van der Waals surface area contributed by atoms with E-state index in [0.29, 0.717) is 25.0 Å². The summed E-state index contributed by atoms with van der Waals surface area (Å²) in [4.78, 5) is 19.2. The Balaban J connectivity index is 1.63. The van der Waals surface area contributed by atoms with E-state index in [4.69, 9.17) is 9.72 Å². The summed E-state index contributed by atoms with van der Waals surface area (Å²) in [5.74, 6) is 0.671. The Labute approximate surface area is 175 Å². The summed E-state index contributed by atoms with van der Waals surface area (Å²) in [5, 5.41) is 1.27. The molecule has 3 heterocycles. The molecule has 0 N–H and O–H groups in total. The minimum absolute atomic E-state index is 0.0727. The average molecular weight is 448 g/mol. The number of nitrogens with zero attached hydrogens (tertiary/aromatic N) is 3. The molecule has 5 nitrogen and oxygen atoms in total. The fourth-order valence-corrected chi connectivity index (χ4v) is 4.76. The first-order valence-corrected chi connectivity index (χ1v) is 11.0. The van der Waals surface area contributed by atoms with Gasteiger partial charge in [0.15, 0.2) is 0 Å². The van der Waals surface area contributed by atoms with Crippen molar-refractivity contribution in [2.24, 2.45) is 5.41 Å². The minimum Gasteiger partial charge on any atom is -0.444 e. The van der Waals surface area contributed by atoms with Gasteiger partial charge in [0, 0.05) is 46.8 Å². The number of carbonyl (C=O) groups is 1. The monoisotopic (exact) mass is 447 g/mol. The molecule has 1 saturated carbocycles. The number of carbonyl (C=O) groups excluding carboxylic acids is 1. The fourth-order valence-electron chi connectivity index (χ4n) is 4.43. The fraction of sp³-hybridized carbons (Fsp3) is 0.636. The maximum Gasteiger partial charge on any atom is 0.410 e. The third-order valence-corrected chi connectivity index (χ3v) is 6.28. The van der Waals surface area contributed by atoms with Crippen LogP contribution in [0.2, 0.25) is 0 Å². The van der Waals surface area contributed by atoms with Gasteiger partial charge in [-0.2, -0.15) is 0 Å². The predicted octanol–water partition coefficient (Wildman–Crippen LogP) is 5.88. The van der Waals surface area contributed by atoms with Crippen LogP contribution < -0.4 is 0 Å². The van der Waals surface area contributed by atoms with Crippen LogP contribution in [-0.2, 0) is 4.74 Å². The van der Waals surface area contributed by atoms with Crippen molar-refractivity contribution in [2.75, 3.05) is 13.1 Å². The maximum atomic E-state index is 12.6. The Bertz CT molecular complexity index is 908. The van der Waals surface area contributed by atoms with E-state index >= 15 is 0 Å². The molecule has 0 radical (unpaired) electrons. The van der Waals surface area contributed by atoms with Crippen LogP contribution in [0.25, 0.3) is 11.0 Å². The molecule has 1 aliphatic carbocycles. The Hall–Kier alpha value is -1.56. The van der Waals surface area contributed by atoms with E-state index in [1.165, 1.54) is 23.8 Å². The zero-order valence-electron chi connectivity index (χ0n) is 17.5. The highest BCUT2D eigenvalue weighted by Gasteiger charge is 2.41. The molecule has 1 unspecified atom stereocenters. The summed E-state index contributed by atoms with van der Waals surface area (Å²) >= 11 is 3.58. The van der Waals surface area contributed by atoms with Crippen LogP contribution in [0.1, 0.15) is 71.4 Å². The number of likely N-dealkylation sites (tertiary alicyclic amines) is 1. The number of ether oxygens (including phenoxy) is 1. The van der Waals surface area contributed by atoms with E-state index in [-0.39, 0.29) is 11.5 Å². The SMILES string of the molecule is CC(C)(C)OC(=O)N1CCC(n2cc(C3CC3)c3cc(Br)cnc32)C(C)(C)C1. The predicted molar refractivity (Wildman–Crippen MR) is 115 cm³/mol. The Morgan fingerprint density at radius 2 is 2.00 bits per heavy atom. The average Bonchev–Trinajstić information content (AvgIpc) is 3.34. The molecule has 2 aromatic heterocycles. The quantitative estimate of drug-likeness (QED) is 0.576. The van der Waals surface area contributed by atoms with Crippen molar-refractivity contribution in [1.82, 2.24) is 14.5 Å². The topological polar surface area (TPSA) is 47.4 Å². The molecule has 1 atom stereocenters. The van der Waals surface area contributed by atoms with Gasteiger partial charge in [-0.1, -0.05) is 13.8 Å². The Kier molecular flexibility index (Phi) is 4.76.